The van der Waals surface area contributed by atoms with Crippen molar-refractivity contribution in [2.45, 2.75) is 64.1 Å². The maximum Gasteiger partial charge on any atom is 0.0868 e. The van der Waals surface area contributed by atoms with Gasteiger partial charge in [0.25, 0.3) is 0 Å². The molecule has 3 N–H and O–H groups in total. The zero-order valence-corrected chi connectivity index (χ0v) is 13.1. The smallest absolute Gasteiger partial charge is 0.0868 e. The first-order valence-corrected chi connectivity index (χ1v) is 8.49. The summed E-state index contributed by atoms with van der Waals surface area (Å²) in [4.78, 5) is 2.51. The number of nitrogens with one attached hydrogen (secondary N) is 1. The Morgan fingerprint density at radius 1 is 1.30 bits per heavy atom. The molecule has 4 nitrogen and oxygen atoms in total. The molecule has 4 heteroatoms. The van der Waals surface area contributed by atoms with Crippen LogP contribution in [0.2, 0.25) is 0 Å². The van der Waals surface area contributed by atoms with Crippen molar-refractivity contribution in [3.05, 3.63) is 0 Å². The Morgan fingerprint density at radius 2 is 2.15 bits per heavy atom. The van der Waals surface area contributed by atoms with E-state index in [1.165, 1.54) is 32.1 Å². The summed E-state index contributed by atoms with van der Waals surface area (Å²) in [5.41, 5.74) is 3.07. The summed E-state index contributed by atoms with van der Waals surface area (Å²) in [6.07, 6.45) is 7.30. The van der Waals surface area contributed by atoms with Crippen LogP contribution in [0.25, 0.3) is 0 Å². The lowest BCUT2D eigenvalue weighted by molar-refractivity contribution is -0.0597. The van der Waals surface area contributed by atoms with Gasteiger partial charge in [-0.25, -0.2) is 0 Å². The van der Waals surface area contributed by atoms with Crippen LogP contribution in [-0.4, -0.2) is 42.8 Å². The van der Waals surface area contributed by atoms with Crippen LogP contribution in [0.1, 0.15) is 46.0 Å². The van der Waals surface area contributed by atoms with E-state index < -0.39 is 0 Å². The topological polar surface area (TPSA) is 50.5 Å². The van der Waals surface area contributed by atoms with Crippen LogP contribution in [-0.2, 0) is 4.74 Å². The van der Waals surface area contributed by atoms with Crippen LogP contribution >= 0.6 is 0 Å². The van der Waals surface area contributed by atoms with Gasteiger partial charge in [-0.1, -0.05) is 6.42 Å². The van der Waals surface area contributed by atoms with Crippen LogP contribution < -0.4 is 11.3 Å². The highest BCUT2D eigenvalue weighted by atomic mass is 16.5. The van der Waals surface area contributed by atoms with E-state index in [0.29, 0.717) is 12.1 Å². The first-order valence-electron chi connectivity index (χ1n) is 8.49. The molecule has 0 aromatic rings. The maximum atomic E-state index is 6.02. The van der Waals surface area contributed by atoms with E-state index in [1.54, 1.807) is 0 Å². The highest BCUT2D eigenvalue weighted by Gasteiger charge is 2.41. The summed E-state index contributed by atoms with van der Waals surface area (Å²) in [5, 5.41) is 0. The van der Waals surface area contributed by atoms with E-state index in [-0.39, 0.29) is 6.10 Å². The van der Waals surface area contributed by atoms with E-state index in [2.05, 4.69) is 24.2 Å². The molecule has 2 aliphatic carbocycles. The quantitative estimate of drug-likeness (QED) is 0.595. The van der Waals surface area contributed by atoms with Gasteiger partial charge in [-0.3, -0.25) is 16.2 Å². The van der Waals surface area contributed by atoms with Crippen molar-refractivity contribution in [3.63, 3.8) is 0 Å². The normalized spacial score (nSPS) is 39.6. The van der Waals surface area contributed by atoms with Gasteiger partial charge < -0.3 is 4.74 Å². The van der Waals surface area contributed by atoms with Gasteiger partial charge in [-0.2, -0.15) is 0 Å². The lowest BCUT2D eigenvalue weighted by Crippen LogP contribution is -2.55. The van der Waals surface area contributed by atoms with E-state index in [9.17, 15) is 0 Å². The first-order chi connectivity index (χ1) is 9.67. The third-order valence-corrected chi connectivity index (χ3v) is 5.96. The van der Waals surface area contributed by atoms with Crippen molar-refractivity contribution < 1.29 is 4.74 Å². The number of fused-ring (bicyclic) bond motifs is 2. The van der Waals surface area contributed by atoms with Crippen molar-refractivity contribution in [2.24, 2.45) is 23.6 Å². The van der Waals surface area contributed by atoms with Gasteiger partial charge in [-0.05, 0) is 57.3 Å². The molecule has 0 aromatic carbocycles. The van der Waals surface area contributed by atoms with Crippen molar-refractivity contribution in [3.8, 4) is 0 Å². The molecule has 0 radical (unpaired) electrons. The molecule has 5 unspecified atom stereocenters. The Morgan fingerprint density at radius 3 is 2.75 bits per heavy atom. The molecule has 0 aromatic heterocycles. The predicted molar refractivity (Wildman–Crippen MR) is 81.1 cm³/mol. The van der Waals surface area contributed by atoms with E-state index in [0.717, 1.165) is 37.5 Å². The van der Waals surface area contributed by atoms with Crippen molar-refractivity contribution in [2.75, 3.05) is 19.7 Å². The zero-order chi connectivity index (χ0) is 14.1. The van der Waals surface area contributed by atoms with Crippen molar-refractivity contribution in [1.29, 1.82) is 0 Å². The molecule has 3 aliphatic rings. The Balaban J connectivity index is 1.56. The van der Waals surface area contributed by atoms with E-state index in [4.69, 9.17) is 10.6 Å². The summed E-state index contributed by atoms with van der Waals surface area (Å²) in [6, 6.07) is 0.920. The highest BCUT2D eigenvalue weighted by Crippen LogP contribution is 2.50. The number of rotatable bonds is 5. The molecule has 0 amide bonds. The standard InChI is InChI=1S/C16H31N3O/c1-11(2)19-5-6-20-16(10-19)15(18-17)9-14-8-12-3-4-13(14)7-12/h11-16,18H,3-10,17H2,1-2H3. The third-order valence-electron chi connectivity index (χ3n) is 5.96. The molecule has 2 saturated carbocycles. The monoisotopic (exact) mass is 281 g/mol. The molecule has 2 bridgehead atoms. The second-order valence-corrected chi connectivity index (χ2v) is 7.44. The average Bonchev–Trinajstić information content (AvgIpc) is 3.07. The first kappa shape index (κ1) is 14.8. The Bertz CT molecular complexity index is 323. The largest absolute Gasteiger partial charge is 0.374 e. The van der Waals surface area contributed by atoms with Gasteiger partial charge >= 0.3 is 0 Å². The minimum atomic E-state index is 0.260. The van der Waals surface area contributed by atoms with Crippen molar-refractivity contribution >= 4 is 0 Å². The molecule has 3 fully saturated rings. The molecule has 20 heavy (non-hydrogen) atoms. The van der Waals surface area contributed by atoms with E-state index >= 15 is 0 Å². The number of hydrazine groups is 1. The molecule has 116 valence electrons. The van der Waals surface area contributed by atoms with Crippen LogP contribution in [0.3, 0.4) is 0 Å². The number of hydrogen-bond acceptors (Lipinski definition) is 4. The number of hydrogen-bond donors (Lipinski definition) is 2. The number of nitrogens with zero attached hydrogens (tertiary/aromatic N) is 1. The van der Waals surface area contributed by atoms with Gasteiger partial charge in [-0.15, -0.1) is 0 Å². The second kappa shape index (κ2) is 6.30. The molecule has 1 heterocycles. The fourth-order valence-electron chi connectivity index (χ4n) is 4.73. The van der Waals surface area contributed by atoms with Crippen LogP contribution in [0, 0.1) is 17.8 Å². The minimum Gasteiger partial charge on any atom is -0.374 e. The summed E-state index contributed by atoms with van der Waals surface area (Å²) >= 11 is 0. The third kappa shape index (κ3) is 3.03. The average molecular weight is 281 g/mol. The molecule has 0 spiro atoms. The van der Waals surface area contributed by atoms with Crippen LogP contribution in [0.5, 0.6) is 0 Å². The summed E-state index contributed by atoms with van der Waals surface area (Å²) in [5.74, 6) is 8.72. The van der Waals surface area contributed by atoms with Gasteiger partial charge in [0.2, 0.25) is 0 Å². The summed E-state index contributed by atoms with van der Waals surface area (Å²) in [7, 11) is 0. The molecular weight excluding hydrogens is 250 g/mol. The summed E-state index contributed by atoms with van der Waals surface area (Å²) in [6.45, 7) is 7.46. The summed E-state index contributed by atoms with van der Waals surface area (Å²) < 4.78 is 6.02. The SMILES string of the molecule is CC(C)N1CCOC(C(CC2CC3CCC2C3)NN)C1. The van der Waals surface area contributed by atoms with Crippen LogP contribution in [0.4, 0.5) is 0 Å². The zero-order valence-electron chi connectivity index (χ0n) is 13.1. The minimum absolute atomic E-state index is 0.260. The maximum absolute atomic E-state index is 6.02. The Labute approximate surface area is 123 Å². The molecule has 1 saturated heterocycles. The van der Waals surface area contributed by atoms with Gasteiger partial charge in [0.1, 0.15) is 0 Å². The number of ether oxygens (including phenoxy) is 1. The number of morpholine rings is 1. The Kier molecular flexibility index (Phi) is 4.65. The second-order valence-electron chi connectivity index (χ2n) is 7.44. The van der Waals surface area contributed by atoms with Gasteiger partial charge in [0.05, 0.1) is 12.7 Å². The molecule has 1 aliphatic heterocycles. The lowest BCUT2D eigenvalue weighted by Gasteiger charge is -2.40. The Hall–Kier alpha value is -0.160. The molecule has 3 rings (SSSR count). The van der Waals surface area contributed by atoms with Gasteiger partial charge in [0, 0.05) is 25.2 Å². The van der Waals surface area contributed by atoms with Gasteiger partial charge in [0.15, 0.2) is 0 Å². The molecular formula is C16H31N3O. The number of nitrogens with two attached hydrogens (primary N) is 1. The van der Waals surface area contributed by atoms with Crippen molar-refractivity contribution in [1.82, 2.24) is 10.3 Å². The van der Waals surface area contributed by atoms with Crippen LogP contribution in [0.15, 0.2) is 0 Å². The fourth-order valence-corrected chi connectivity index (χ4v) is 4.73. The fraction of sp³-hybridized carbons (Fsp3) is 1.00. The lowest BCUT2D eigenvalue weighted by atomic mass is 9.83. The molecule has 5 atom stereocenters. The predicted octanol–water partition coefficient (Wildman–Crippen LogP) is 1.75. The van der Waals surface area contributed by atoms with E-state index in [1.807, 2.05) is 0 Å². The highest BCUT2D eigenvalue weighted by molar-refractivity contribution is 4.93.